The predicted molar refractivity (Wildman–Crippen MR) is 64.0 cm³/mol. The molecule has 0 heterocycles. The van der Waals surface area contributed by atoms with Crippen molar-refractivity contribution in [3.05, 3.63) is 29.6 Å². The van der Waals surface area contributed by atoms with Crippen molar-refractivity contribution in [3.63, 3.8) is 0 Å². The van der Waals surface area contributed by atoms with Gasteiger partial charge in [-0.1, -0.05) is 29.3 Å². The van der Waals surface area contributed by atoms with E-state index in [1.54, 1.807) is 6.07 Å². The Kier molecular flexibility index (Phi) is 5.09. The highest BCUT2D eigenvalue weighted by Crippen LogP contribution is 2.23. The van der Waals surface area contributed by atoms with Crippen LogP contribution in [0, 0.1) is 5.82 Å². The molecule has 0 fully saturated rings. The normalized spacial score (nSPS) is 12.5. The van der Waals surface area contributed by atoms with E-state index in [0.29, 0.717) is 5.33 Å². The van der Waals surface area contributed by atoms with Crippen molar-refractivity contribution in [2.45, 2.75) is 38.1 Å². The van der Waals surface area contributed by atoms with Crippen LogP contribution in [-0.2, 0) is 5.33 Å². The first-order chi connectivity index (χ1) is 7.17. The zero-order chi connectivity index (χ0) is 11.3. The number of alkyl halides is 1. The van der Waals surface area contributed by atoms with Crippen LogP contribution in [0.3, 0.4) is 0 Å². The Hall–Kier alpha value is -0.570. The van der Waals surface area contributed by atoms with Crippen molar-refractivity contribution in [1.29, 1.82) is 0 Å². The Balaban J connectivity index is 2.75. The van der Waals surface area contributed by atoms with Gasteiger partial charge in [-0.25, -0.2) is 4.39 Å². The fourth-order valence-corrected chi connectivity index (χ4v) is 1.89. The summed E-state index contributed by atoms with van der Waals surface area (Å²) in [5, 5.41) is 0.610. The van der Waals surface area contributed by atoms with Crippen LogP contribution in [-0.4, -0.2) is 6.10 Å². The molecule has 1 rings (SSSR count). The van der Waals surface area contributed by atoms with Crippen molar-refractivity contribution < 1.29 is 9.13 Å². The van der Waals surface area contributed by atoms with Gasteiger partial charge in [0.1, 0.15) is 11.6 Å². The third-order valence-corrected chi connectivity index (χ3v) is 2.79. The first-order valence-electron chi connectivity index (χ1n) is 5.18. The van der Waals surface area contributed by atoms with Crippen LogP contribution >= 0.6 is 15.9 Å². The molecule has 1 nitrogen and oxygen atoms in total. The standard InChI is InChI=1S/C12H16BrFO/c1-3-4-9(2)15-12-6-5-11(14)7-10(12)8-13/h5-7,9H,3-4,8H2,1-2H3. The van der Waals surface area contributed by atoms with E-state index >= 15 is 0 Å². The highest BCUT2D eigenvalue weighted by molar-refractivity contribution is 9.08. The van der Waals surface area contributed by atoms with Crippen LogP contribution in [0.1, 0.15) is 32.3 Å². The summed E-state index contributed by atoms with van der Waals surface area (Å²) in [7, 11) is 0. The summed E-state index contributed by atoms with van der Waals surface area (Å²) < 4.78 is 18.7. The van der Waals surface area contributed by atoms with Gasteiger partial charge in [-0.2, -0.15) is 0 Å². The minimum atomic E-state index is -0.222. The number of halogens is 2. The SMILES string of the molecule is CCCC(C)Oc1ccc(F)cc1CBr. The third-order valence-electron chi connectivity index (χ3n) is 2.19. The Morgan fingerprint density at radius 1 is 1.47 bits per heavy atom. The molecule has 84 valence electrons. The smallest absolute Gasteiger partial charge is 0.123 e. The van der Waals surface area contributed by atoms with E-state index in [2.05, 4.69) is 22.9 Å². The molecule has 0 aliphatic heterocycles. The van der Waals surface area contributed by atoms with Gasteiger partial charge in [0.05, 0.1) is 6.10 Å². The van der Waals surface area contributed by atoms with E-state index in [-0.39, 0.29) is 11.9 Å². The summed E-state index contributed by atoms with van der Waals surface area (Å²) in [4.78, 5) is 0. The van der Waals surface area contributed by atoms with Crippen molar-refractivity contribution in [2.75, 3.05) is 0 Å². The van der Waals surface area contributed by atoms with Crippen LogP contribution in [0.4, 0.5) is 4.39 Å². The molecule has 0 amide bonds. The average molecular weight is 275 g/mol. The fourth-order valence-electron chi connectivity index (χ4n) is 1.45. The quantitative estimate of drug-likeness (QED) is 0.728. The maximum atomic E-state index is 12.9. The van der Waals surface area contributed by atoms with Gasteiger partial charge in [0.2, 0.25) is 0 Å². The molecule has 0 saturated heterocycles. The van der Waals surface area contributed by atoms with Gasteiger partial charge in [0, 0.05) is 10.9 Å². The molecular formula is C12H16BrFO. The first kappa shape index (κ1) is 12.5. The Morgan fingerprint density at radius 3 is 2.80 bits per heavy atom. The highest BCUT2D eigenvalue weighted by Gasteiger charge is 2.08. The molecular weight excluding hydrogens is 259 g/mol. The summed E-state index contributed by atoms with van der Waals surface area (Å²) in [6, 6.07) is 4.63. The third kappa shape index (κ3) is 3.82. The van der Waals surface area contributed by atoms with E-state index in [0.717, 1.165) is 24.2 Å². The van der Waals surface area contributed by atoms with E-state index in [1.165, 1.54) is 12.1 Å². The van der Waals surface area contributed by atoms with Crippen molar-refractivity contribution in [1.82, 2.24) is 0 Å². The number of rotatable bonds is 5. The van der Waals surface area contributed by atoms with E-state index < -0.39 is 0 Å². The molecule has 1 atom stereocenters. The van der Waals surface area contributed by atoms with Crippen molar-refractivity contribution in [3.8, 4) is 5.75 Å². The minimum absolute atomic E-state index is 0.179. The summed E-state index contributed by atoms with van der Waals surface area (Å²) in [6.45, 7) is 4.15. The molecule has 3 heteroatoms. The molecule has 0 bridgehead atoms. The highest BCUT2D eigenvalue weighted by atomic mass is 79.9. The van der Waals surface area contributed by atoms with Gasteiger partial charge < -0.3 is 4.74 Å². The maximum absolute atomic E-state index is 12.9. The van der Waals surface area contributed by atoms with Crippen molar-refractivity contribution in [2.24, 2.45) is 0 Å². The second-order valence-corrected chi connectivity index (χ2v) is 4.16. The maximum Gasteiger partial charge on any atom is 0.123 e. The number of hydrogen-bond acceptors (Lipinski definition) is 1. The number of benzene rings is 1. The molecule has 0 spiro atoms. The van der Waals surface area contributed by atoms with Gasteiger partial charge in [-0.05, 0) is 31.5 Å². The average Bonchev–Trinajstić information content (AvgIpc) is 2.21. The Bertz CT molecular complexity index is 314. The van der Waals surface area contributed by atoms with Crippen LogP contribution in [0.25, 0.3) is 0 Å². The van der Waals surface area contributed by atoms with Gasteiger partial charge in [-0.3, -0.25) is 0 Å². The van der Waals surface area contributed by atoms with Gasteiger partial charge >= 0.3 is 0 Å². The zero-order valence-electron chi connectivity index (χ0n) is 9.09. The molecule has 0 aromatic heterocycles. The molecule has 1 unspecified atom stereocenters. The summed E-state index contributed by atoms with van der Waals surface area (Å²) in [5.41, 5.74) is 0.859. The van der Waals surface area contributed by atoms with E-state index in [9.17, 15) is 4.39 Å². The second kappa shape index (κ2) is 6.11. The van der Waals surface area contributed by atoms with Crippen LogP contribution in [0.15, 0.2) is 18.2 Å². The molecule has 0 aliphatic rings. The topological polar surface area (TPSA) is 9.23 Å². The molecule has 0 N–H and O–H groups in total. The minimum Gasteiger partial charge on any atom is -0.490 e. The fraction of sp³-hybridized carbons (Fsp3) is 0.500. The molecule has 0 saturated carbocycles. The lowest BCUT2D eigenvalue weighted by Crippen LogP contribution is -2.12. The molecule has 1 aromatic rings. The first-order valence-corrected chi connectivity index (χ1v) is 6.30. The lowest BCUT2D eigenvalue weighted by molar-refractivity contribution is 0.208. The molecule has 0 radical (unpaired) electrons. The lowest BCUT2D eigenvalue weighted by Gasteiger charge is -2.16. The van der Waals surface area contributed by atoms with E-state index in [1.807, 2.05) is 6.92 Å². The van der Waals surface area contributed by atoms with Crippen LogP contribution in [0.2, 0.25) is 0 Å². The number of ether oxygens (including phenoxy) is 1. The van der Waals surface area contributed by atoms with Gasteiger partial charge in [-0.15, -0.1) is 0 Å². The summed E-state index contributed by atoms with van der Waals surface area (Å²) >= 11 is 3.32. The molecule has 0 aliphatic carbocycles. The Morgan fingerprint density at radius 2 is 2.20 bits per heavy atom. The molecule has 1 aromatic carbocycles. The lowest BCUT2D eigenvalue weighted by atomic mass is 10.2. The largest absolute Gasteiger partial charge is 0.490 e. The van der Waals surface area contributed by atoms with Crippen molar-refractivity contribution >= 4 is 15.9 Å². The Labute approximate surface area is 98.8 Å². The number of hydrogen-bond donors (Lipinski definition) is 0. The van der Waals surface area contributed by atoms with E-state index in [4.69, 9.17) is 4.74 Å². The summed E-state index contributed by atoms with van der Waals surface area (Å²) in [6.07, 6.45) is 2.28. The van der Waals surface area contributed by atoms with Crippen LogP contribution in [0.5, 0.6) is 5.75 Å². The predicted octanol–water partition coefficient (Wildman–Crippen LogP) is 4.29. The van der Waals surface area contributed by atoms with Gasteiger partial charge in [0.25, 0.3) is 0 Å². The van der Waals surface area contributed by atoms with Crippen LogP contribution < -0.4 is 4.74 Å². The zero-order valence-corrected chi connectivity index (χ0v) is 10.7. The summed E-state index contributed by atoms with van der Waals surface area (Å²) in [5.74, 6) is 0.550. The van der Waals surface area contributed by atoms with Gasteiger partial charge in [0.15, 0.2) is 0 Å². The monoisotopic (exact) mass is 274 g/mol. The second-order valence-electron chi connectivity index (χ2n) is 3.60. The molecule has 15 heavy (non-hydrogen) atoms.